The highest BCUT2D eigenvalue weighted by atomic mass is 32.2. The molecule has 0 aliphatic carbocycles. The Balaban J connectivity index is 3.39. The van der Waals surface area contributed by atoms with Crippen LogP contribution in [-0.4, -0.2) is 37.4 Å². The Morgan fingerprint density at radius 2 is 1.19 bits per heavy atom. The van der Waals surface area contributed by atoms with Gasteiger partial charge in [0.1, 0.15) is 3.94 Å². The molecule has 0 aromatic heterocycles. The van der Waals surface area contributed by atoms with Crippen LogP contribution in [0.15, 0.2) is 30.3 Å². The molecular weight excluding hydrogens is 391 g/mol. The Bertz CT molecular complexity index is 607. The third kappa shape index (κ3) is 5.90. The summed E-state index contributed by atoms with van der Waals surface area (Å²) in [7, 11) is -3.07. The Morgan fingerprint density at radius 3 is 1.52 bits per heavy atom. The quantitative estimate of drug-likeness (QED) is 0.306. The van der Waals surface area contributed by atoms with Crippen molar-refractivity contribution >= 4 is 35.4 Å². The van der Waals surface area contributed by atoms with Gasteiger partial charge in [-0.2, -0.15) is 0 Å². The Labute approximate surface area is 176 Å². The number of rotatable bonds is 9. The molecule has 6 heteroatoms. The standard InChI is InChI=1S/C21H37N2OPS2/c1-15(2)22(16(3)4)25(24,23(17(5)6)18(7)8)21(26)27-19(9)20-13-11-10-12-14-20/h10-19H,1-9H3. The molecule has 3 nitrogen and oxygen atoms in total. The number of hydrogen-bond donors (Lipinski definition) is 0. The van der Waals surface area contributed by atoms with E-state index in [9.17, 15) is 4.57 Å². The van der Waals surface area contributed by atoms with Gasteiger partial charge in [-0.25, -0.2) is 9.34 Å². The molecule has 0 radical (unpaired) electrons. The molecule has 0 N–H and O–H groups in total. The number of nitrogens with zero attached hydrogens (tertiary/aromatic N) is 2. The summed E-state index contributed by atoms with van der Waals surface area (Å²) < 4.78 is 19.6. The first-order chi connectivity index (χ1) is 12.4. The summed E-state index contributed by atoms with van der Waals surface area (Å²) in [5.41, 5.74) is 1.21. The van der Waals surface area contributed by atoms with Crippen LogP contribution in [0.5, 0.6) is 0 Å². The molecule has 1 rings (SSSR count). The number of benzene rings is 1. The van der Waals surface area contributed by atoms with Crippen molar-refractivity contribution in [2.75, 3.05) is 0 Å². The Kier molecular flexibility index (Phi) is 9.71. The van der Waals surface area contributed by atoms with Gasteiger partial charge in [-0.1, -0.05) is 42.5 Å². The highest BCUT2D eigenvalue weighted by Crippen LogP contribution is 2.62. The van der Waals surface area contributed by atoms with E-state index in [1.165, 1.54) is 5.56 Å². The minimum absolute atomic E-state index is 0.140. The van der Waals surface area contributed by atoms with E-state index < -0.39 is 7.44 Å². The minimum atomic E-state index is -3.07. The number of thiocarbonyl (C=S) groups is 1. The highest BCUT2D eigenvalue weighted by molar-refractivity contribution is 8.36. The van der Waals surface area contributed by atoms with Gasteiger partial charge in [-0.15, -0.1) is 11.8 Å². The average molecular weight is 429 g/mol. The van der Waals surface area contributed by atoms with Crippen molar-refractivity contribution in [3.63, 3.8) is 0 Å². The first-order valence-electron chi connectivity index (χ1n) is 9.88. The van der Waals surface area contributed by atoms with Crippen LogP contribution < -0.4 is 0 Å². The van der Waals surface area contributed by atoms with Crippen LogP contribution in [0.3, 0.4) is 0 Å². The molecule has 27 heavy (non-hydrogen) atoms. The summed E-state index contributed by atoms with van der Waals surface area (Å²) in [5, 5.41) is 0.161. The van der Waals surface area contributed by atoms with E-state index in [0.29, 0.717) is 3.94 Å². The van der Waals surface area contributed by atoms with Crippen molar-refractivity contribution in [2.24, 2.45) is 0 Å². The van der Waals surface area contributed by atoms with Gasteiger partial charge in [0.15, 0.2) is 0 Å². The van der Waals surface area contributed by atoms with Crippen LogP contribution in [0, 0.1) is 0 Å². The summed E-state index contributed by atoms with van der Waals surface area (Å²) in [4.78, 5) is 0. The van der Waals surface area contributed by atoms with Crippen molar-refractivity contribution in [2.45, 2.75) is 91.7 Å². The zero-order valence-electron chi connectivity index (χ0n) is 18.3. The fourth-order valence-electron chi connectivity index (χ4n) is 3.76. The minimum Gasteiger partial charge on any atom is -0.282 e. The molecule has 1 unspecified atom stereocenters. The molecule has 0 saturated carbocycles. The molecule has 0 aliphatic rings. The van der Waals surface area contributed by atoms with Gasteiger partial charge < -0.3 is 0 Å². The van der Waals surface area contributed by atoms with E-state index in [4.69, 9.17) is 12.2 Å². The van der Waals surface area contributed by atoms with Crippen molar-refractivity contribution in [1.82, 2.24) is 9.34 Å². The summed E-state index contributed by atoms with van der Waals surface area (Å²) in [5.74, 6) is 0. The predicted molar refractivity (Wildman–Crippen MR) is 127 cm³/mol. The molecule has 1 atom stereocenters. The molecule has 1 aromatic rings. The van der Waals surface area contributed by atoms with Gasteiger partial charge in [-0.05, 0) is 67.9 Å². The predicted octanol–water partition coefficient (Wildman–Crippen LogP) is 7.20. The maximum atomic E-state index is 14.7. The molecule has 0 fully saturated rings. The summed E-state index contributed by atoms with van der Waals surface area (Å²) in [6, 6.07) is 10.9. The van der Waals surface area contributed by atoms with Crippen LogP contribution in [0.25, 0.3) is 0 Å². The third-order valence-electron chi connectivity index (χ3n) is 4.53. The van der Waals surface area contributed by atoms with Crippen molar-refractivity contribution in [3.05, 3.63) is 35.9 Å². The molecule has 0 aliphatic heterocycles. The molecule has 0 bridgehead atoms. The lowest BCUT2D eigenvalue weighted by Crippen LogP contribution is -2.46. The van der Waals surface area contributed by atoms with E-state index in [0.717, 1.165) is 0 Å². The second-order valence-corrected chi connectivity index (χ2v) is 13.2. The van der Waals surface area contributed by atoms with Gasteiger partial charge in [0.25, 0.3) is 7.44 Å². The topological polar surface area (TPSA) is 23.6 Å². The van der Waals surface area contributed by atoms with E-state index in [1.807, 2.05) is 18.2 Å². The monoisotopic (exact) mass is 428 g/mol. The van der Waals surface area contributed by atoms with Crippen molar-refractivity contribution in [3.8, 4) is 0 Å². The van der Waals surface area contributed by atoms with Gasteiger partial charge >= 0.3 is 0 Å². The van der Waals surface area contributed by atoms with Gasteiger partial charge in [0.2, 0.25) is 0 Å². The van der Waals surface area contributed by atoms with Crippen LogP contribution in [0.2, 0.25) is 0 Å². The maximum Gasteiger partial charge on any atom is 0.263 e. The van der Waals surface area contributed by atoms with E-state index in [1.54, 1.807) is 11.8 Å². The average Bonchev–Trinajstić information content (AvgIpc) is 2.53. The Hall–Kier alpha value is -0.190. The SMILES string of the molecule is CC(SC(=S)P(=O)(N(C(C)C)C(C)C)N(C(C)C)C(C)C)c1ccccc1. The first kappa shape index (κ1) is 24.8. The maximum absolute atomic E-state index is 14.7. The van der Waals surface area contributed by atoms with Crippen LogP contribution in [-0.2, 0) is 4.57 Å². The largest absolute Gasteiger partial charge is 0.282 e. The molecule has 0 spiro atoms. The third-order valence-corrected chi connectivity index (χ3v) is 11.0. The second-order valence-electron chi connectivity index (χ2n) is 8.12. The normalized spacial score (nSPS) is 14.2. The Morgan fingerprint density at radius 1 is 0.815 bits per heavy atom. The lowest BCUT2D eigenvalue weighted by molar-refractivity contribution is 0.233. The second kappa shape index (κ2) is 10.5. The molecule has 0 heterocycles. The van der Waals surface area contributed by atoms with Gasteiger partial charge in [0, 0.05) is 29.4 Å². The van der Waals surface area contributed by atoms with Crippen LogP contribution in [0.4, 0.5) is 0 Å². The number of hydrogen-bond acceptors (Lipinski definition) is 3. The fraction of sp³-hybridized carbons (Fsp3) is 0.667. The van der Waals surface area contributed by atoms with Gasteiger partial charge in [0.05, 0.1) is 0 Å². The molecule has 0 saturated heterocycles. The smallest absolute Gasteiger partial charge is 0.263 e. The van der Waals surface area contributed by atoms with E-state index >= 15 is 0 Å². The zero-order valence-corrected chi connectivity index (χ0v) is 20.9. The fourth-order valence-corrected chi connectivity index (χ4v) is 10.1. The van der Waals surface area contributed by atoms with E-state index in [2.05, 4.69) is 83.8 Å². The van der Waals surface area contributed by atoms with Crippen molar-refractivity contribution < 1.29 is 4.57 Å². The van der Waals surface area contributed by atoms with Crippen LogP contribution >= 0.6 is 31.4 Å². The first-order valence-corrected chi connectivity index (χ1v) is 12.8. The highest BCUT2D eigenvalue weighted by Gasteiger charge is 2.46. The molecule has 0 amide bonds. The summed E-state index contributed by atoms with van der Waals surface area (Å²) >= 11 is 7.48. The zero-order chi connectivity index (χ0) is 20.9. The van der Waals surface area contributed by atoms with E-state index in [-0.39, 0.29) is 29.4 Å². The summed E-state index contributed by atoms with van der Waals surface area (Å²) in [6.07, 6.45) is 0. The molecular formula is C21H37N2OPS2. The number of thioether (sulfide) groups is 1. The van der Waals surface area contributed by atoms with Crippen molar-refractivity contribution in [1.29, 1.82) is 0 Å². The molecule has 1 aromatic carbocycles. The molecule has 154 valence electrons. The van der Waals surface area contributed by atoms with Crippen LogP contribution in [0.1, 0.15) is 73.1 Å². The lowest BCUT2D eigenvalue weighted by atomic mass is 10.2. The summed E-state index contributed by atoms with van der Waals surface area (Å²) in [6.45, 7) is 19.0. The van der Waals surface area contributed by atoms with Gasteiger partial charge in [-0.3, -0.25) is 4.57 Å². The lowest BCUT2D eigenvalue weighted by Gasteiger charge is -2.47.